The second kappa shape index (κ2) is 5.27. The monoisotopic (exact) mass is 235 g/mol. The average Bonchev–Trinajstić information content (AvgIpc) is 2.18. The molecule has 0 saturated heterocycles. The Morgan fingerprint density at radius 1 is 1.47 bits per heavy atom. The van der Waals surface area contributed by atoms with E-state index >= 15 is 0 Å². The van der Waals surface area contributed by atoms with Crippen LogP contribution in [-0.2, 0) is 11.3 Å². The van der Waals surface area contributed by atoms with Crippen molar-refractivity contribution in [2.24, 2.45) is 11.1 Å². The molecule has 3 N–H and O–H groups in total. The maximum atomic E-state index is 11.4. The van der Waals surface area contributed by atoms with Crippen LogP contribution in [0.2, 0.25) is 0 Å². The molecule has 0 radical (unpaired) electrons. The predicted octanol–water partition coefficient (Wildman–Crippen LogP) is 1.38. The van der Waals surface area contributed by atoms with Gasteiger partial charge in [-0.1, -0.05) is 26.8 Å². The molecule has 4 heteroatoms. The molecule has 1 rings (SSSR count). The maximum absolute atomic E-state index is 11.4. The first-order valence-electron chi connectivity index (χ1n) is 5.75. The van der Waals surface area contributed by atoms with Crippen LogP contribution in [-0.4, -0.2) is 16.9 Å². The molecule has 17 heavy (non-hydrogen) atoms. The number of aromatic nitrogens is 1. The molecule has 1 atom stereocenters. The number of rotatable bonds is 4. The van der Waals surface area contributed by atoms with Crippen LogP contribution in [0.15, 0.2) is 18.3 Å². The number of nitrogens with zero attached hydrogens (tertiary/aromatic N) is 1. The van der Waals surface area contributed by atoms with Gasteiger partial charge < -0.3 is 5.73 Å². The lowest BCUT2D eigenvalue weighted by Gasteiger charge is -2.28. The Morgan fingerprint density at radius 2 is 2.12 bits per heavy atom. The zero-order chi connectivity index (χ0) is 13.1. The highest BCUT2D eigenvalue weighted by atomic mass is 16.1. The molecular weight excluding hydrogens is 214 g/mol. The zero-order valence-electron chi connectivity index (χ0n) is 10.9. The standard InChI is InChI=1S/C13H21N3O/c1-9-5-6-10(15-7-9)8-16-11(12(14)17)13(2,3)4/h5-7,11,16H,8H2,1-4H3,(H2,14,17). The summed E-state index contributed by atoms with van der Waals surface area (Å²) in [5.41, 5.74) is 7.22. The van der Waals surface area contributed by atoms with Gasteiger partial charge in [0.25, 0.3) is 0 Å². The third-order valence-corrected chi connectivity index (χ3v) is 2.61. The minimum absolute atomic E-state index is 0.198. The average molecular weight is 235 g/mol. The van der Waals surface area contributed by atoms with Gasteiger partial charge in [0.2, 0.25) is 5.91 Å². The smallest absolute Gasteiger partial charge is 0.235 e. The van der Waals surface area contributed by atoms with Crippen molar-refractivity contribution in [3.63, 3.8) is 0 Å². The van der Waals surface area contributed by atoms with E-state index in [1.54, 1.807) is 0 Å². The summed E-state index contributed by atoms with van der Waals surface area (Å²) in [6, 6.07) is 3.59. The molecule has 0 saturated carbocycles. The minimum atomic E-state index is -0.356. The first-order valence-corrected chi connectivity index (χ1v) is 5.75. The Bertz CT molecular complexity index is 379. The summed E-state index contributed by atoms with van der Waals surface area (Å²) in [7, 11) is 0. The fraction of sp³-hybridized carbons (Fsp3) is 0.538. The molecule has 94 valence electrons. The van der Waals surface area contributed by atoms with Crippen molar-refractivity contribution in [2.45, 2.75) is 40.3 Å². The van der Waals surface area contributed by atoms with E-state index in [1.165, 1.54) is 0 Å². The van der Waals surface area contributed by atoms with E-state index in [-0.39, 0.29) is 17.4 Å². The van der Waals surface area contributed by atoms with Crippen LogP contribution in [0, 0.1) is 12.3 Å². The number of carbonyl (C=O) groups excluding carboxylic acids is 1. The molecule has 0 spiro atoms. The summed E-state index contributed by atoms with van der Waals surface area (Å²) in [5, 5.41) is 3.16. The van der Waals surface area contributed by atoms with E-state index in [1.807, 2.05) is 46.0 Å². The van der Waals surface area contributed by atoms with Crippen LogP contribution in [0.3, 0.4) is 0 Å². The number of hydrogen-bond acceptors (Lipinski definition) is 3. The lowest BCUT2D eigenvalue weighted by atomic mass is 9.86. The molecule has 0 aliphatic rings. The van der Waals surface area contributed by atoms with E-state index in [2.05, 4.69) is 10.3 Å². The second-order valence-corrected chi connectivity index (χ2v) is 5.41. The van der Waals surface area contributed by atoms with Crippen molar-refractivity contribution in [2.75, 3.05) is 0 Å². The fourth-order valence-corrected chi connectivity index (χ4v) is 1.64. The van der Waals surface area contributed by atoms with Gasteiger partial charge in [0.1, 0.15) is 0 Å². The molecule has 1 unspecified atom stereocenters. The molecule has 0 aliphatic heterocycles. The normalized spacial score (nSPS) is 13.4. The Hall–Kier alpha value is -1.42. The highest BCUT2D eigenvalue weighted by Gasteiger charge is 2.28. The number of hydrogen-bond donors (Lipinski definition) is 2. The van der Waals surface area contributed by atoms with Gasteiger partial charge in [-0.05, 0) is 24.0 Å². The van der Waals surface area contributed by atoms with E-state index in [0.29, 0.717) is 6.54 Å². The zero-order valence-corrected chi connectivity index (χ0v) is 10.9. The summed E-state index contributed by atoms with van der Waals surface area (Å²) in [6.45, 7) is 8.49. The van der Waals surface area contributed by atoms with Crippen LogP contribution in [0.5, 0.6) is 0 Å². The quantitative estimate of drug-likeness (QED) is 0.828. The number of aryl methyl sites for hydroxylation is 1. The Kier molecular flexibility index (Phi) is 4.23. The van der Waals surface area contributed by atoms with Gasteiger partial charge in [-0.25, -0.2) is 0 Å². The van der Waals surface area contributed by atoms with Crippen LogP contribution >= 0.6 is 0 Å². The van der Waals surface area contributed by atoms with Crippen molar-refractivity contribution in [3.05, 3.63) is 29.6 Å². The topological polar surface area (TPSA) is 68.0 Å². The molecule has 1 heterocycles. The third kappa shape index (κ3) is 4.15. The van der Waals surface area contributed by atoms with Gasteiger partial charge in [-0.3, -0.25) is 15.1 Å². The molecule has 0 fully saturated rings. The van der Waals surface area contributed by atoms with Gasteiger partial charge >= 0.3 is 0 Å². The lowest BCUT2D eigenvalue weighted by Crippen LogP contribution is -2.49. The van der Waals surface area contributed by atoms with E-state index < -0.39 is 0 Å². The number of amides is 1. The molecule has 1 aromatic rings. The van der Waals surface area contributed by atoms with Crippen LogP contribution < -0.4 is 11.1 Å². The predicted molar refractivity (Wildman–Crippen MR) is 68.3 cm³/mol. The largest absolute Gasteiger partial charge is 0.368 e. The number of carbonyl (C=O) groups is 1. The highest BCUT2D eigenvalue weighted by Crippen LogP contribution is 2.19. The lowest BCUT2D eigenvalue weighted by molar-refractivity contribution is -0.122. The Balaban J connectivity index is 2.65. The van der Waals surface area contributed by atoms with Crippen molar-refractivity contribution in [3.8, 4) is 0 Å². The van der Waals surface area contributed by atoms with Crippen molar-refractivity contribution in [1.82, 2.24) is 10.3 Å². The van der Waals surface area contributed by atoms with Gasteiger partial charge in [0, 0.05) is 12.7 Å². The van der Waals surface area contributed by atoms with E-state index in [0.717, 1.165) is 11.3 Å². The van der Waals surface area contributed by atoms with Crippen molar-refractivity contribution < 1.29 is 4.79 Å². The summed E-state index contributed by atoms with van der Waals surface area (Å²) in [5.74, 6) is -0.329. The molecule has 1 amide bonds. The molecule has 0 bridgehead atoms. The summed E-state index contributed by atoms with van der Waals surface area (Å²) in [4.78, 5) is 15.6. The van der Waals surface area contributed by atoms with Gasteiger partial charge in [-0.15, -0.1) is 0 Å². The molecule has 1 aromatic heterocycles. The Labute approximate surface area is 103 Å². The number of primary amides is 1. The van der Waals surface area contributed by atoms with Crippen LogP contribution in [0.25, 0.3) is 0 Å². The Morgan fingerprint density at radius 3 is 2.53 bits per heavy atom. The van der Waals surface area contributed by atoms with Crippen LogP contribution in [0.1, 0.15) is 32.0 Å². The SMILES string of the molecule is Cc1ccc(CNC(C(N)=O)C(C)(C)C)nc1. The first-order chi connectivity index (χ1) is 7.80. The fourth-order valence-electron chi connectivity index (χ4n) is 1.64. The molecule has 0 aromatic carbocycles. The molecule has 4 nitrogen and oxygen atoms in total. The molecule has 0 aliphatic carbocycles. The van der Waals surface area contributed by atoms with Crippen LogP contribution in [0.4, 0.5) is 0 Å². The van der Waals surface area contributed by atoms with E-state index in [9.17, 15) is 4.79 Å². The number of nitrogens with two attached hydrogens (primary N) is 1. The first kappa shape index (κ1) is 13.6. The molecular formula is C13H21N3O. The second-order valence-electron chi connectivity index (χ2n) is 5.41. The van der Waals surface area contributed by atoms with E-state index in [4.69, 9.17) is 5.73 Å². The highest BCUT2D eigenvalue weighted by molar-refractivity contribution is 5.80. The van der Waals surface area contributed by atoms with Crippen molar-refractivity contribution >= 4 is 5.91 Å². The maximum Gasteiger partial charge on any atom is 0.235 e. The summed E-state index contributed by atoms with van der Waals surface area (Å²) < 4.78 is 0. The minimum Gasteiger partial charge on any atom is -0.368 e. The number of nitrogens with one attached hydrogen (secondary N) is 1. The van der Waals surface area contributed by atoms with Gasteiger partial charge in [-0.2, -0.15) is 0 Å². The van der Waals surface area contributed by atoms with Crippen molar-refractivity contribution in [1.29, 1.82) is 0 Å². The number of pyridine rings is 1. The third-order valence-electron chi connectivity index (χ3n) is 2.61. The van der Waals surface area contributed by atoms with Gasteiger partial charge in [0.05, 0.1) is 11.7 Å². The van der Waals surface area contributed by atoms with Gasteiger partial charge in [0.15, 0.2) is 0 Å². The summed E-state index contributed by atoms with van der Waals surface area (Å²) in [6.07, 6.45) is 1.81. The summed E-state index contributed by atoms with van der Waals surface area (Å²) >= 11 is 0.